The lowest BCUT2D eigenvalue weighted by Gasteiger charge is -2.23. The standard InChI is InChI=1S/C11H11BrN4O/c12-9-10(13)14-6-7-16(9)11(17)15-8-4-2-1-3-5-8/h1-6H,7,13H2,(H,15,17). The van der Waals surface area contributed by atoms with Crippen molar-refractivity contribution >= 4 is 33.9 Å². The molecular weight excluding hydrogens is 284 g/mol. The molecule has 6 heteroatoms. The van der Waals surface area contributed by atoms with Crippen molar-refractivity contribution in [1.82, 2.24) is 4.90 Å². The van der Waals surface area contributed by atoms with Gasteiger partial charge in [0.15, 0.2) is 5.82 Å². The fourth-order valence-electron chi connectivity index (χ4n) is 1.38. The molecule has 5 nitrogen and oxygen atoms in total. The van der Waals surface area contributed by atoms with Gasteiger partial charge < -0.3 is 11.1 Å². The number of rotatable bonds is 1. The molecule has 0 atom stereocenters. The molecule has 3 N–H and O–H groups in total. The minimum Gasteiger partial charge on any atom is -0.382 e. The van der Waals surface area contributed by atoms with Gasteiger partial charge >= 0.3 is 6.03 Å². The van der Waals surface area contributed by atoms with Crippen LogP contribution in [0.5, 0.6) is 0 Å². The third kappa shape index (κ3) is 2.65. The topological polar surface area (TPSA) is 70.7 Å². The molecule has 1 heterocycles. The van der Waals surface area contributed by atoms with Gasteiger partial charge in [-0.3, -0.25) is 4.90 Å². The maximum Gasteiger partial charge on any atom is 0.327 e. The van der Waals surface area contributed by atoms with E-state index in [1.54, 1.807) is 6.21 Å². The number of amides is 2. The van der Waals surface area contributed by atoms with Crippen LogP contribution in [0.2, 0.25) is 0 Å². The Hall–Kier alpha value is -1.82. The average molecular weight is 295 g/mol. The van der Waals surface area contributed by atoms with Crippen molar-refractivity contribution in [3.63, 3.8) is 0 Å². The van der Waals surface area contributed by atoms with E-state index in [1.807, 2.05) is 30.3 Å². The quantitative estimate of drug-likeness (QED) is 0.779. The second kappa shape index (κ2) is 5.01. The number of nitrogens with zero attached hydrogens (tertiary/aromatic N) is 2. The predicted molar refractivity (Wildman–Crippen MR) is 70.8 cm³/mol. The summed E-state index contributed by atoms with van der Waals surface area (Å²) in [5.41, 5.74) is 6.35. The van der Waals surface area contributed by atoms with Crippen molar-refractivity contribution in [2.45, 2.75) is 0 Å². The summed E-state index contributed by atoms with van der Waals surface area (Å²) in [6.07, 6.45) is 1.59. The zero-order valence-corrected chi connectivity index (χ0v) is 10.5. The van der Waals surface area contributed by atoms with E-state index in [0.717, 1.165) is 5.69 Å². The van der Waals surface area contributed by atoms with Crippen molar-refractivity contribution in [1.29, 1.82) is 0 Å². The van der Waals surface area contributed by atoms with E-state index in [0.29, 0.717) is 17.0 Å². The molecule has 0 unspecified atom stereocenters. The summed E-state index contributed by atoms with van der Waals surface area (Å²) in [7, 11) is 0. The van der Waals surface area contributed by atoms with Crippen LogP contribution < -0.4 is 11.1 Å². The Labute approximate surface area is 107 Å². The molecule has 1 aliphatic rings. The van der Waals surface area contributed by atoms with E-state index < -0.39 is 0 Å². The minimum atomic E-state index is -0.253. The van der Waals surface area contributed by atoms with Gasteiger partial charge in [-0.2, -0.15) is 0 Å². The molecule has 0 radical (unpaired) electrons. The number of benzene rings is 1. The number of carbonyl (C=O) groups is 1. The van der Waals surface area contributed by atoms with Gasteiger partial charge in [-0.05, 0) is 28.1 Å². The lowest BCUT2D eigenvalue weighted by molar-refractivity contribution is 0.231. The number of nitrogens with two attached hydrogens (primary N) is 1. The summed E-state index contributed by atoms with van der Waals surface area (Å²) >= 11 is 3.24. The summed E-state index contributed by atoms with van der Waals surface area (Å²) < 4.78 is 0.480. The zero-order valence-electron chi connectivity index (χ0n) is 8.93. The molecule has 0 saturated carbocycles. The maximum absolute atomic E-state index is 12.0. The van der Waals surface area contributed by atoms with Gasteiger partial charge in [0, 0.05) is 11.9 Å². The molecule has 0 bridgehead atoms. The van der Waals surface area contributed by atoms with Gasteiger partial charge in [0.25, 0.3) is 0 Å². The molecule has 17 heavy (non-hydrogen) atoms. The molecule has 0 saturated heterocycles. The SMILES string of the molecule is NC1=C(Br)N(C(=O)Nc2ccccc2)CC=N1. The Morgan fingerprint density at radius 1 is 1.41 bits per heavy atom. The summed E-state index contributed by atoms with van der Waals surface area (Å²) in [5.74, 6) is 0.291. The summed E-state index contributed by atoms with van der Waals surface area (Å²) in [6.45, 7) is 0.389. The van der Waals surface area contributed by atoms with Crippen molar-refractivity contribution in [2.24, 2.45) is 10.7 Å². The fraction of sp³-hybridized carbons (Fsp3) is 0.0909. The summed E-state index contributed by atoms with van der Waals surface area (Å²) in [6, 6.07) is 8.97. The molecule has 88 valence electrons. The van der Waals surface area contributed by atoms with Crippen molar-refractivity contribution in [3.05, 3.63) is 40.8 Å². The fourth-order valence-corrected chi connectivity index (χ4v) is 1.79. The number of hydrogen-bond acceptors (Lipinski definition) is 3. The van der Waals surface area contributed by atoms with Crippen LogP contribution in [0.25, 0.3) is 0 Å². The number of anilines is 1. The molecule has 0 spiro atoms. The molecule has 2 rings (SSSR count). The van der Waals surface area contributed by atoms with Gasteiger partial charge in [0.1, 0.15) is 4.61 Å². The molecule has 1 aliphatic heterocycles. The summed E-state index contributed by atoms with van der Waals surface area (Å²) in [5, 5.41) is 2.77. The molecule has 0 aromatic heterocycles. The highest BCUT2D eigenvalue weighted by atomic mass is 79.9. The molecule has 2 amide bonds. The first-order chi connectivity index (χ1) is 8.18. The Balaban J connectivity index is 2.10. The van der Waals surface area contributed by atoms with E-state index in [1.165, 1.54) is 4.90 Å². The lowest BCUT2D eigenvalue weighted by Crippen LogP contribution is -2.37. The number of hydrogen-bond donors (Lipinski definition) is 2. The average Bonchev–Trinajstić information content (AvgIpc) is 2.34. The third-order valence-electron chi connectivity index (χ3n) is 2.21. The third-order valence-corrected chi connectivity index (χ3v) is 3.05. The Morgan fingerprint density at radius 3 is 2.82 bits per heavy atom. The van der Waals surface area contributed by atoms with E-state index in [9.17, 15) is 4.79 Å². The number of aliphatic imine (C=N–C) groups is 1. The highest BCUT2D eigenvalue weighted by Crippen LogP contribution is 2.19. The zero-order chi connectivity index (χ0) is 12.3. The van der Waals surface area contributed by atoms with Gasteiger partial charge in [0.05, 0.1) is 6.54 Å². The van der Waals surface area contributed by atoms with E-state index in [4.69, 9.17) is 5.73 Å². The molecule has 1 aromatic carbocycles. The van der Waals surface area contributed by atoms with Crippen LogP contribution in [0, 0.1) is 0 Å². The number of halogens is 1. The van der Waals surface area contributed by atoms with Crippen LogP contribution in [0.3, 0.4) is 0 Å². The van der Waals surface area contributed by atoms with Crippen LogP contribution >= 0.6 is 15.9 Å². The van der Waals surface area contributed by atoms with Gasteiger partial charge in [-0.25, -0.2) is 9.79 Å². The van der Waals surface area contributed by atoms with Crippen molar-refractivity contribution in [3.8, 4) is 0 Å². The Bertz CT molecular complexity index is 484. The molecule has 0 fully saturated rings. The lowest BCUT2D eigenvalue weighted by atomic mass is 10.3. The van der Waals surface area contributed by atoms with Gasteiger partial charge in [0.2, 0.25) is 0 Å². The van der Waals surface area contributed by atoms with Crippen LogP contribution in [-0.4, -0.2) is 23.7 Å². The maximum atomic E-state index is 12.0. The summed E-state index contributed by atoms with van der Waals surface area (Å²) in [4.78, 5) is 17.3. The Kier molecular flexibility index (Phi) is 3.43. The number of urea groups is 1. The van der Waals surface area contributed by atoms with Gasteiger partial charge in [-0.1, -0.05) is 18.2 Å². The monoisotopic (exact) mass is 294 g/mol. The van der Waals surface area contributed by atoms with Crippen molar-refractivity contribution in [2.75, 3.05) is 11.9 Å². The van der Waals surface area contributed by atoms with E-state index >= 15 is 0 Å². The second-order valence-corrected chi connectivity index (χ2v) is 4.15. The number of carbonyl (C=O) groups excluding carboxylic acids is 1. The normalized spacial score (nSPS) is 15.0. The van der Waals surface area contributed by atoms with E-state index in [-0.39, 0.29) is 6.03 Å². The number of nitrogens with one attached hydrogen (secondary N) is 1. The van der Waals surface area contributed by atoms with Crippen molar-refractivity contribution < 1.29 is 4.79 Å². The first-order valence-electron chi connectivity index (χ1n) is 5.00. The second-order valence-electron chi connectivity index (χ2n) is 3.39. The predicted octanol–water partition coefficient (Wildman–Crippen LogP) is 2.09. The highest BCUT2D eigenvalue weighted by molar-refractivity contribution is 9.11. The van der Waals surface area contributed by atoms with E-state index in [2.05, 4.69) is 26.2 Å². The van der Waals surface area contributed by atoms with Crippen LogP contribution in [0.1, 0.15) is 0 Å². The smallest absolute Gasteiger partial charge is 0.327 e. The van der Waals surface area contributed by atoms with Crippen LogP contribution in [-0.2, 0) is 0 Å². The molecular formula is C11H11BrN4O. The first kappa shape index (κ1) is 11.7. The largest absolute Gasteiger partial charge is 0.382 e. The molecule has 0 aliphatic carbocycles. The minimum absolute atomic E-state index is 0.253. The van der Waals surface area contributed by atoms with Gasteiger partial charge in [-0.15, -0.1) is 0 Å². The van der Waals surface area contributed by atoms with Crippen LogP contribution in [0.4, 0.5) is 10.5 Å². The first-order valence-corrected chi connectivity index (χ1v) is 5.79. The number of para-hydroxylation sites is 1. The van der Waals surface area contributed by atoms with Crippen LogP contribution in [0.15, 0.2) is 45.8 Å². The highest BCUT2D eigenvalue weighted by Gasteiger charge is 2.20. The molecule has 1 aromatic rings. The Morgan fingerprint density at radius 2 is 2.12 bits per heavy atom.